The third kappa shape index (κ3) is 3.86. The van der Waals surface area contributed by atoms with Crippen molar-refractivity contribution in [3.63, 3.8) is 0 Å². The third-order valence-corrected chi connectivity index (χ3v) is 5.40. The van der Waals surface area contributed by atoms with Crippen LogP contribution >= 0.6 is 11.8 Å². The monoisotopic (exact) mass is 352 g/mol. The fraction of sp³-hybridized carbons (Fsp3) is 0.263. The van der Waals surface area contributed by atoms with Gasteiger partial charge in [-0.2, -0.15) is 0 Å². The number of fused-ring (bicyclic) bond motifs is 1. The molecule has 4 rings (SSSR count). The van der Waals surface area contributed by atoms with Crippen LogP contribution < -0.4 is 16.2 Å². The molecule has 0 bridgehead atoms. The summed E-state index contributed by atoms with van der Waals surface area (Å²) in [4.78, 5) is 16.8. The molecule has 1 aliphatic carbocycles. The van der Waals surface area contributed by atoms with Gasteiger partial charge in [-0.15, -0.1) is 0 Å². The van der Waals surface area contributed by atoms with Gasteiger partial charge < -0.3 is 5.32 Å². The van der Waals surface area contributed by atoms with E-state index in [1.165, 1.54) is 17.5 Å². The molecule has 0 aromatic heterocycles. The predicted octanol–water partition coefficient (Wildman–Crippen LogP) is 3.08. The van der Waals surface area contributed by atoms with Crippen LogP contribution in [0, 0.1) is 0 Å². The van der Waals surface area contributed by atoms with E-state index in [2.05, 4.69) is 33.3 Å². The molecular formula is C19H20N4OS. The van der Waals surface area contributed by atoms with E-state index in [4.69, 9.17) is 0 Å². The minimum atomic E-state index is -0.0669. The Kier molecular flexibility index (Phi) is 4.72. The molecular weight excluding hydrogens is 332 g/mol. The number of carbonyl (C=O) groups excluding carboxylic acids is 1. The molecule has 1 aliphatic heterocycles. The molecule has 0 radical (unpaired) electrons. The van der Waals surface area contributed by atoms with Gasteiger partial charge in [0.2, 0.25) is 0 Å². The Morgan fingerprint density at radius 3 is 2.96 bits per heavy atom. The number of amides is 1. The van der Waals surface area contributed by atoms with Gasteiger partial charge >= 0.3 is 0 Å². The Hall–Kier alpha value is -2.31. The van der Waals surface area contributed by atoms with Gasteiger partial charge in [0, 0.05) is 17.0 Å². The minimum Gasteiger partial charge on any atom is -0.322 e. The first-order valence-corrected chi connectivity index (χ1v) is 9.45. The number of thioether (sulfide) groups is 1. The zero-order chi connectivity index (χ0) is 17.1. The Balaban J connectivity index is 1.42. The summed E-state index contributed by atoms with van der Waals surface area (Å²) < 4.78 is 0. The van der Waals surface area contributed by atoms with Gasteiger partial charge in [-0.25, -0.2) is 10.4 Å². The zero-order valence-electron chi connectivity index (χ0n) is 13.8. The maximum Gasteiger partial charge on any atom is 0.255 e. The highest BCUT2D eigenvalue weighted by molar-refractivity contribution is 8.13. The van der Waals surface area contributed by atoms with Gasteiger partial charge in [0.15, 0.2) is 5.17 Å². The average Bonchev–Trinajstić information content (AvgIpc) is 3.31. The second kappa shape index (κ2) is 7.29. The minimum absolute atomic E-state index is 0.0669. The van der Waals surface area contributed by atoms with E-state index in [0.717, 1.165) is 35.0 Å². The lowest BCUT2D eigenvalue weighted by Gasteiger charge is -2.09. The molecule has 0 unspecified atom stereocenters. The van der Waals surface area contributed by atoms with Crippen molar-refractivity contribution in [2.75, 3.05) is 12.0 Å². The van der Waals surface area contributed by atoms with Crippen LogP contribution in [0.1, 0.15) is 33.5 Å². The van der Waals surface area contributed by atoms with Crippen LogP contribution in [0.15, 0.2) is 47.5 Å². The number of amidine groups is 1. The number of nitrogens with zero attached hydrogens (tertiary/aromatic N) is 1. The predicted molar refractivity (Wildman–Crippen MR) is 103 cm³/mol. The van der Waals surface area contributed by atoms with Crippen molar-refractivity contribution in [3.8, 4) is 0 Å². The standard InChI is InChI=1S/C19H20N4OS/c24-18(22-17-8-7-14-4-2-5-15(14)10-17)16-6-1-3-13(9-16)11-25-19-20-12-21-23-19/h1,3,6-10,21H,2,4-5,11-12H2,(H,20,23)(H,22,24). The van der Waals surface area contributed by atoms with Crippen LogP contribution in [0.4, 0.5) is 5.69 Å². The Morgan fingerprint density at radius 2 is 2.08 bits per heavy atom. The number of nitrogens with one attached hydrogen (secondary N) is 3. The molecule has 2 aliphatic rings. The smallest absolute Gasteiger partial charge is 0.255 e. The molecule has 0 saturated heterocycles. The lowest BCUT2D eigenvalue weighted by molar-refractivity contribution is 0.102. The molecule has 2 aromatic carbocycles. The highest BCUT2D eigenvalue weighted by Crippen LogP contribution is 2.25. The van der Waals surface area contributed by atoms with Crippen LogP contribution in [0.3, 0.4) is 0 Å². The van der Waals surface area contributed by atoms with E-state index in [-0.39, 0.29) is 5.91 Å². The molecule has 0 saturated carbocycles. The topological polar surface area (TPSA) is 65.5 Å². The summed E-state index contributed by atoms with van der Waals surface area (Å²) >= 11 is 1.62. The van der Waals surface area contributed by atoms with E-state index in [1.807, 2.05) is 30.3 Å². The third-order valence-electron chi connectivity index (χ3n) is 4.42. The summed E-state index contributed by atoms with van der Waals surface area (Å²) in [6.45, 7) is 0.603. The number of benzene rings is 2. The van der Waals surface area contributed by atoms with Crippen molar-refractivity contribution in [2.24, 2.45) is 4.99 Å². The number of aryl methyl sites for hydroxylation is 2. The van der Waals surface area contributed by atoms with Crippen molar-refractivity contribution in [3.05, 3.63) is 64.7 Å². The van der Waals surface area contributed by atoms with Crippen molar-refractivity contribution < 1.29 is 4.79 Å². The van der Waals surface area contributed by atoms with E-state index < -0.39 is 0 Å². The van der Waals surface area contributed by atoms with Crippen molar-refractivity contribution >= 4 is 28.5 Å². The van der Waals surface area contributed by atoms with Crippen LogP contribution in [0.2, 0.25) is 0 Å². The normalized spacial score (nSPS) is 15.4. The van der Waals surface area contributed by atoms with E-state index in [1.54, 1.807) is 11.8 Å². The number of hydrogen-bond acceptors (Lipinski definition) is 5. The summed E-state index contributed by atoms with van der Waals surface area (Å²) in [6, 6.07) is 14.0. The number of hydrogen-bond donors (Lipinski definition) is 3. The summed E-state index contributed by atoms with van der Waals surface area (Å²) in [6.07, 6.45) is 3.47. The summed E-state index contributed by atoms with van der Waals surface area (Å²) in [5, 5.41) is 3.90. The van der Waals surface area contributed by atoms with Gasteiger partial charge in [-0.3, -0.25) is 10.2 Å². The molecule has 6 heteroatoms. The van der Waals surface area contributed by atoms with Crippen molar-refractivity contribution in [2.45, 2.75) is 25.0 Å². The molecule has 1 amide bonds. The molecule has 2 aromatic rings. The molecule has 128 valence electrons. The van der Waals surface area contributed by atoms with E-state index in [0.29, 0.717) is 12.2 Å². The molecule has 5 nitrogen and oxygen atoms in total. The Morgan fingerprint density at radius 1 is 1.16 bits per heavy atom. The second-order valence-electron chi connectivity index (χ2n) is 6.20. The van der Waals surface area contributed by atoms with Gasteiger partial charge in [-0.1, -0.05) is 30.0 Å². The van der Waals surface area contributed by atoms with Crippen molar-refractivity contribution in [1.29, 1.82) is 0 Å². The summed E-state index contributed by atoms with van der Waals surface area (Å²) in [5.41, 5.74) is 11.4. The zero-order valence-corrected chi connectivity index (χ0v) is 14.7. The Labute approximate surface area is 151 Å². The first-order chi connectivity index (χ1) is 12.3. The van der Waals surface area contributed by atoms with Gasteiger partial charge in [0.05, 0.1) is 0 Å². The quantitative estimate of drug-likeness (QED) is 0.791. The highest BCUT2D eigenvalue weighted by atomic mass is 32.2. The maximum absolute atomic E-state index is 12.6. The SMILES string of the molecule is O=C(Nc1ccc2c(c1)CCC2)c1cccc(CSC2=NCNN2)c1. The average molecular weight is 352 g/mol. The first kappa shape index (κ1) is 16.2. The summed E-state index contributed by atoms with van der Waals surface area (Å²) in [5.74, 6) is 0.704. The van der Waals surface area contributed by atoms with E-state index in [9.17, 15) is 4.79 Å². The number of carbonyl (C=O) groups is 1. The summed E-state index contributed by atoms with van der Waals surface area (Å²) in [7, 11) is 0. The second-order valence-corrected chi connectivity index (χ2v) is 7.17. The maximum atomic E-state index is 12.6. The fourth-order valence-corrected chi connectivity index (χ4v) is 3.94. The van der Waals surface area contributed by atoms with Crippen LogP contribution in [0.25, 0.3) is 0 Å². The number of anilines is 1. The molecule has 25 heavy (non-hydrogen) atoms. The lowest BCUT2D eigenvalue weighted by atomic mass is 10.1. The molecule has 0 atom stereocenters. The molecule has 0 fully saturated rings. The number of hydrazine groups is 1. The first-order valence-electron chi connectivity index (χ1n) is 8.46. The highest BCUT2D eigenvalue weighted by Gasteiger charge is 2.13. The van der Waals surface area contributed by atoms with Gasteiger partial charge in [-0.05, 0) is 60.2 Å². The fourth-order valence-electron chi connectivity index (χ4n) is 3.15. The molecule has 0 spiro atoms. The van der Waals surface area contributed by atoms with Crippen LogP contribution in [0.5, 0.6) is 0 Å². The van der Waals surface area contributed by atoms with Crippen LogP contribution in [-0.2, 0) is 18.6 Å². The van der Waals surface area contributed by atoms with Gasteiger partial charge in [0.1, 0.15) is 6.67 Å². The van der Waals surface area contributed by atoms with E-state index >= 15 is 0 Å². The largest absolute Gasteiger partial charge is 0.322 e. The van der Waals surface area contributed by atoms with Gasteiger partial charge in [0.25, 0.3) is 5.91 Å². The molecule has 1 heterocycles. The van der Waals surface area contributed by atoms with Crippen molar-refractivity contribution in [1.82, 2.24) is 10.9 Å². The van der Waals surface area contributed by atoms with Crippen LogP contribution in [-0.4, -0.2) is 17.7 Å². The Bertz CT molecular complexity index is 834. The number of aliphatic imine (C=N–C) groups is 1. The molecule has 3 N–H and O–H groups in total. The lowest BCUT2D eigenvalue weighted by Crippen LogP contribution is -2.27. The number of rotatable bonds is 4.